The minimum absolute atomic E-state index is 0.160. The topological polar surface area (TPSA) is 82.3 Å². The Balaban J connectivity index is 2.04. The number of nitrogens with zero attached hydrogens (tertiary/aromatic N) is 2. The third kappa shape index (κ3) is 2.73. The van der Waals surface area contributed by atoms with Crippen LogP contribution >= 0.6 is 0 Å². The second-order valence-corrected chi connectivity index (χ2v) is 3.63. The lowest BCUT2D eigenvalue weighted by Gasteiger charge is -2.22. The summed E-state index contributed by atoms with van der Waals surface area (Å²) in [4.78, 5) is 8.04. The van der Waals surface area contributed by atoms with Crippen LogP contribution in [-0.2, 0) is 4.74 Å². The lowest BCUT2D eigenvalue weighted by atomic mass is 10.2. The minimum atomic E-state index is 0.160. The van der Waals surface area contributed by atoms with Crippen LogP contribution in [0.1, 0.15) is 12.8 Å². The maximum atomic E-state index is 5.73. The molecule has 3 N–H and O–H groups in total. The van der Waals surface area contributed by atoms with E-state index < -0.39 is 0 Å². The number of nitrogens with two attached hydrogens (primary N) is 1. The standard InChI is InChI=1S/C10H16N4O2/c1-12-8-6-9(14-10(11)13-8)16-7-2-4-15-5-3-7/h6-7H,2-5H2,1H3,(H3,11,12,13,14). The Morgan fingerprint density at radius 3 is 2.88 bits per heavy atom. The fourth-order valence-corrected chi connectivity index (χ4v) is 1.60. The summed E-state index contributed by atoms with van der Waals surface area (Å²) in [5.74, 6) is 1.40. The second kappa shape index (κ2) is 4.98. The van der Waals surface area contributed by atoms with Crippen LogP contribution in [0.4, 0.5) is 11.8 Å². The van der Waals surface area contributed by atoms with Crippen LogP contribution in [-0.4, -0.2) is 36.3 Å². The second-order valence-electron chi connectivity index (χ2n) is 3.63. The van der Waals surface area contributed by atoms with Gasteiger partial charge in [0.25, 0.3) is 0 Å². The largest absolute Gasteiger partial charge is 0.474 e. The molecule has 1 aromatic heterocycles. The Morgan fingerprint density at radius 2 is 2.19 bits per heavy atom. The van der Waals surface area contributed by atoms with E-state index >= 15 is 0 Å². The summed E-state index contributed by atoms with van der Waals surface area (Å²) < 4.78 is 11.0. The minimum Gasteiger partial charge on any atom is -0.474 e. The van der Waals surface area contributed by atoms with Crippen molar-refractivity contribution in [3.63, 3.8) is 0 Å². The Labute approximate surface area is 94.2 Å². The Bertz CT molecular complexity index is 353. The summed E-state index contributed by atoms with van der Waals surface area (Å²) in [6.45, 7) is 1.48. The first-order valence-electron chi connectivity index (χ1n) is 5.34. The molecular formula is C10H16N4O2. The molecule has 0 radical (unpaired) electrons. The maximum absolute atomic E-state index is 5.73. The highest BCUT2D eigenvalue weighted by molar-refractivity contribution is 5.42. The zero-order valence-electron chi connectivity index (χ0n) is 9.27. The van der Waals surface area contributed by atoms with E-state index in [-0.39, 0.29) is 12.1 Å². The third-order valence-corrected chi connectivity index (χ3v) is 2.43. The molecule has 0 aliphatic carbocycles. The summed E-state index contributed by atoms with van der Waals surface area (Å²) in [6, 6.07) is 1.74. The maximum Gasteiger partial charge on any atom is 0.225 e. The van der Waals surface area contributed by atoms with Crippen LogP contribution in [0.2, 0.25) is 0 Å². The molecule has 1 fully saturated rings. The number of hydrogen-bond acceptors (Lipinski definition) is 6. The Kier molecular flexibility index (Phi) is 3.40. The van der Waals surface area contributed by atoms with Gasteiger partial charge in [-0.05, 0) is 0 Å². The predicted octanol–water partition coefficient (Wildman–Crippen LogP) is 0.658. The van der Waals surface area contributed by atoms with Crippen molar-refractivity contribution in [1.29, 1.82) is 0 Å². The van der Waals surface area contributed by atoms with Gasteiger partial charge >= 0.3 is 0 Å². The number of anilines is 2. The van der Waals surface area contributed by atoms with Gasteiger partial charge in [0.2, 0.25) is 11.8 Å². The van der Waals surface area contributed by atoms with E-state index in [1.54, 1.807) is 13.1 Å². The summed E-state index contributed by atoms with van der Waals surface area (Å²) in [5.41, 5.74) is 5.57. The van der Waals surface area contributed by atoms with E-state index in [1.807, 2.05) is 0 Å². The molecule has 2 heterocycles. The molecule has 1 saturated heterocycles. The molecule has 16 heavy (non-hydrogen) atoms. The first-order valence-corrected chi connectivity index (χ1v) is 5.34. The highest BCUT2D eigenvalue weighted by atomic mass is 16.5. The molecule has 0 aromatic carbocycles. The lowest BCUT2D eigenvalue weighted by molar-refractivity contribution is 0.0238. The molecule has 0 spiro atoms. The van der Waals surface area contributed by atoms with Crippen LogP contribution in [0.25, 0.3) is 0 Å². The molecule has 0 unspecified atom stereocenters. The highest BCUT2D eigenvalue weighted by Gasteiger charge is 2.16. The van der Waals surface area contributed by atoms with Gasteiger partial charge in [-0.1, -0.05) is 0 Å². The SMILES string of the molecule is CNc1cc(OC2CCOCC2)nc(N)n1. The number of rotatable bonds is 3. The molecule has 1 aliphatic rings. The fourth-order valence-electron chi connectivity index (χ4n) is 1.60. The van der Waals surface area contributed by atoms with E-state index in [0.29, 0.717) is 11.7 Å². The lowest BCUT2D eigenvalue weighted by Crippen LogP contribution is -2.26. The average molecular weight is 224 g/mol. The van der Waals surface area contributed by atoms with E-state index in [2.05, 4.69) is 15.3 Å². The van der Waals surface area contributed by atoms with Gasteiger partial charge in [0.1, 0.15) is 11.9 Å². The molecule has 1 aromatic rings. The molecule has 2 rings (SSSR count). The van der Waals surface area contributed by atoms with Crippen molar-refractivity contribution >= 4 is 11.8 Å². The summed E-state index contributed by atoms with van der Waals surface area (Å²) in [7, 11) is 1.78. The fraction of sp³-hybridized carbons (Fsp3) is 0.600. The molecule has 6 heteroatoms. The third-order valence-electron chi connectivity index (χ3n) is 2.43. The number of ether oxygens (including phenoxy) is 2. The Hall–Kier alpha value is -1.56. The van der Waals surface area contributed by atoms with Crippen molar-refractivity contribution in [3.05, 3.63) is 6.07 Å². The molecule has 0 amide bonds. The first-order chi connectivity index (χ1) is 7.78. The number of nitrogens with one attached hydrogen (secondary N) is 1. The molecular weight excluding hydrogens is 208 g/mol. The molecule has 0 atom stereocenters. The van der Waals surface area contributed by atoms with Crippen LogP contribution in [0.3, 0.4) is 0 Å². The summed E-state index contributed by atoms with van der Waals surface area (Å²) in [5, 5.41) is 2.91. The van der Waals surface area contributed by atoms with Crippen molar-refractivity contribution in [2.24, 2.45) is 0 Å². The zero-order chi connectivity index (χ0) is 11.4. The quantitative estimate of drug-likeness (QED) is 0.784. The number of nitrogen functional groups attached to an aromatic ring is 1. The van der Waals surface area contributed by atoms with Gasteiger partial charge in [0, 0.05) is 26.0 Å². The van der Waals surface area contributed by atoms with E-state index in [4.69, 9.17) is 15.2 Å². The molecule has 88 valence electrons. The first kappa shape index (κ1) is 10.9. The van der Waals surface area contributed by atoms with E-state index in [0.717, 1.165) is 26.1 Å². The average Bonchev–Trinajstić information content (AvgIpc) is 2.29. The Morgan fingerprint density at radius 1 is 1.44 bits per heavy atom. The van der Waals surface area contributed by atoms with Crippen LogP contribution in [0.15, 0.2) is 6.07 Å². The van der Waals surface area contributed by atoms with Gasteiger partial charge in [-0.3, -0.25) is 0 Å². The van der Waals surface area contributed by atoms with Gasteiger partial charge in [0.15, 0.2) is 0 Å². The van der Waals surface area contributed by atoms with Gasteiger partial charge in [-0.25, -0.2) is 0 Å². The number of aromatic nitrogens is 2. The summed E-state index contributed by atoms with van der Waals surface area (Å²) >= 11 is 0. The van der Waals surface area contributed by atoms with Crippen molar-refractivity contribution in [3.8, 4) is 5.88 Å². The molecule has 0 saturated carbocycles. The van der Waals surface area contributed by atoms with Crippen LogP contribution in [0, 0.1) is 0 Å². The van der Waals surface area contributed by atoms with Crippen molar-refractivity contribution in [2.75, 3.05) is 31.3 Å². The van der Waals surface area contributed by atoms with Gasteiger partial charge in [-0.15, -0.1) is 0 Å². The van der Waals surface area contributed by atoms with Crippen molar-refractivity contribution in [2.45, 2.75) is 18.9 Å². The predicted molar refractivity (Wildman–Crippen MR) is 60.5 cm³/mol. The monoisotopic (exact) mass is 224 g/mol. The highest BCUT2D eigenvalue weighted by Crippen LogP contribution is 2.19. The number of hydrogen-bond donors (Lipinski definition) is 2. The smallest absolute Gasteiger partial charge is 0.225 e. The van der Waals surface area contributed by atoms with E-state index in [9.17, 15) is 0 Å². The molecule has 6 nitrogen and oxygen atoms in total. The van der Waals surface area contributed by atoms with Crippen LogP contribution in [0.5, 0.6) is 5.88 Å². The zero-order valence-corrected chi connectivity index (χ0v) is 9.27. The van der Waals surface area contributed by atoms with E-state index in [1.165, 1.54) is 0 Å². The van der Waals surface area contributed by atoms with Crippen LogP contribution < -0.4 is 15.8 Å². The normalized spacial score (nSPS) is 17.1. The summed E-state index contributed by atoms with van der Waals surface area (Å²) in [6.07, 6.45) is 1.94. The molecule has 0 bridgehead atoms. The van der Waals surface area contributed by atoms with Gasteiger partial charge < -0.3 is 20.5 Å². The molecule has 1 aliphatic heterocycles. The van der Waals surface area contributed by atoms with Crippen molar-refractivity contribution in [1.82, 2.24) is 9.97 Å². The van der Waals surface area contributed by atoms with Crippen molar-refractivity contribution < 1.29 is 9.47 Å². The van der Waals surface area contributed by atoms with Gasteiger partial charge in [-0.2, -0.15) is 9.97 Å². The van der Waals surface area contributed by atoms with Gasteiger partial charge in [0.05, 0.1) is 13.2 Å².